The molecule has 3 nitrogen and oxygen atoms in total. The van der Waals surface area contributed by atoms with E-state index in [1.807, 2.05) is 0 Å². The summed E-state index contributed by atoms with van der Waals surface area (Å²) in [5.41, 5.74) is 5.77. The molecule has 0 heterocycles. The van der Waals surface area contributed by atoms with Crippen molar-refractivity contribution in [2.75, 3.05) is 0 Å². The number of nitrogens with two attached hydrogens (primary N) is 1. The summed E-state index contributed by atoms with van der Waals surface area (Å²) in [4.78, 5) is 0. The lowest BCUT2D eigenvalue weighted by Crippen LogP contribution is -2.11. The van der Waals surface area contributed by atoms with Crippen LogP contribution in [0.3, 0.4) is 0 Å². The van der Waals surface area contributed by atoms with Crippen LogP contribution < -0.4 is 10.5 Å². The van der Waals surface area contributed by atoms with E-state index in [2.05, 4.69) is 0 Å². The molecule has 2 aromatic carbocycles. The van der Waals surface area contributed by atoms with E-state index in [0.717, 1.165) is 6.07 Å². The number of hydrogen-bond acceptors (Lipinski definition) is 2. The first-order valence-corrected chi connectivity index (χ1v) is 6.00. The Morgan fingerprint density at radius 1 is 1.11 bits per heavy atom. The molecule has 0 radical (unpaired) electrons. The van der Waals surface area contributed by atoms with E-state index in [4.69, 9.17) is 39.1 Å². The predicted octanol–water partition coefficient (Wildman–Crippen LogP) is 4.21. The predicted molar refractivity (Wildman–Crippen MR) is 74.0 cm³/mol. The van der Waals surface area contributed by atoms with Gasteiger partial charge in [-0.1, -0.05) is 23.2 Å². The fraction of sp³-hybridized carbons (Fsp3) is 0. The lowest BCUT2D eigenvalue weighted by Gasteiger charge is -2.09. The van der Waals surface area contributed by atoms with Crippen LogP contribution in [0.4, 0.5) is 4.39 Å². The molecule has 0 amide bonds. The van der Waals surface area contributed by atoms with Crippen LogP contribution in [0.5, 0.6) is 11.5 Å². The van der Waals surface area contributed by atoms with Crippen LogP contribution in [0.2, 0.25) is 10.0 Å². The van der Waals surface area contributed by atoms with Crippen molar-refractivity contribution >= 4 is 29.0 Å². The maximum atomic E-state index is 12.9. The zero-order chi connectivity index (χ0) is 14.0. The molecule has 0 aromatic heterocycles. The smallest absolute Gasteiger partial charge is 0.146 e. The lowest BCUT2D eigenvalue weighted by molar-refractivity contribution is 0.481. The highest BCUT2D eigenvalue weighted by Crippen LogP contribution is 2.31. The van der Waals surface area contributed by atoms with Crippen LogP contribution in [0.1, 0.15) is 5.56 Å². The summed E-state index contributed by atoms with van der Waals surface area (Å²) in [5, 5.41) is 7.77. The van der Waals surface area contributed by atoms with Gasteiger partial charge in [0.1, 0.15) is 23.2 Å². The fourth-order valence-corrected chi connectivity index (χ4v) is 1.94. The molecule has 0 aliphatic rings. The molecule has 2 aromatic rings. The van der Waals surface area contributed by atoms with E-state index in [0.29, 0.717) is 22.1 Å². The summed E-state index contributed by atoms with van der Waals surface area (Å²) in [5.74, 6) is 0.164. The second kappa shape index (κ2) is 5.47. The van der Waals surface area contributed by atoms with Gasteiger partial charge in [-0.25, -0.2) is 4.39 Å². The van der Waals surface area contributed by atoms with Crippen LogP contribution in [0.25, 0.3) is 0 Å². The van der Waals surface area contributed by atoms with E-state index in [1.165, 1.54) is 18.2 Å². The molecule has 6 heteroatoms. The monoisotopic (exact) mass is 298 g/mol. The third-order valence-corrected chi connectivity index (χ3v) is 2.96. The summed E-state index contributed by atoms with van der Waals surface area (Å²) < 4.78 is 18.4. The van der Waals surface area contributed by atoms with Crippen LogP contribution in [-0.4, -0.2) is 5.84 Å². The Hall–Kier alpha value is -1.78. The zero-order valence-corrected chi connectivity index (χ0v) is 11.1. The van der Waals surface area contributed by atoms with Crippen molar-refractivity contribution in [3.63, 3.8) is 0 Å². The molecule has 0 spiro atoms. The van der Waals surface area contributed by atoms with Crippen LogP contribution in [-0.2, 0) is 0 Å². The topological polar surface area (TPSA) is 59.1 Å². The lowest BCUT2D eigenvalue weighted by atomic mass is 10.2. The highest BCUT2D eigenvalue weighted by molar-refractivity contribution is 6.34. The Labute approximate surface area is 119 Å². The highest BCUT2D eigenvalue weighted by Gasteiger charge is 2.08. The summed E-state index contributed by atoms with van der Waals surface area (Å²) in [6.07, 6.45) is 0. The number of benzene rings is 2. The molecular formula is C13H9Cl2FN2O. The molecule has 0 unspecified atom stereocenters. The molecule has 19 heavy (non-hydrogen) atoms. The molecule has 98 valence electrons. The van der Waals surface area contributed by atoms with E-state index in [1.54, 1.807) is 12.1 Å². The van der Waals surface area contributed by atoms with Gasteiger partial charge in [-0.3, -0.25) is 5.41 Å². The van der Waals surface area contributed by atoms with Gasteiger partial charge in [0, 0.05) is 11.6 Å². The van der Waals surface area contributed by atoms with Gasteiger partial charge >= 0.3 is 0 Å². The van der Waals surface area contributed by atoms with E-state index in [-0.39, 0.29) is 10.9 Å². The molecule has 0 bridgehead atoms. The Balaban J connectivity index is 2.29. The second-order valence-corrected chi connectivity index (χ2v) is 4.55. The average Bonchev–Trinajstić information content (AvgIpc) is 2.32. The first-order chi connectivity index (χ1) is 8.97. The van der Waals surface area contributed by atoms with Gasteiger partial charge < -0.3 is 10.5 Å². The van der Waals surface area contributed by atoms with Crippen molar-refractivity contribution < 1.29 is 9.13 Å². The number of ether oxygens (including phenoxy) is 1. The largest absolute Gasteiger partial charge is 0.456 e. The molecule has 0 fully saturated rings. The molecule has 0 saturated heterocycles. The summed E-state index contributed by atoms with van der Waals surface area (Å²) in [6, 6.07) is 8.50. The van der Waals surface area contributed by atoms with Crippen molar-refractivity contribution in [3.05, 3.63) is 57.8 Å². The third-order valence-electron chi connectivity index (χ3n) is 2.35. The molecule has 0 aliphatic carbocycles. The standard InChI is InChI=1S/C13H9Cl2FN2O/c14-10-6-8(2-3-9(10)13(17)18)19-12-4-1-7(16)5-11(12)15/h1-6H,(H3,17,18). The van der Waals surface area contributed by atoms with E-state index in [9.17, 15) is 4.39 Å². The number of rotatable bonds is 3. The van der Waals surface area contributed by atoms with Crippen molar-refractivity contribution in [1.29, 1.82) is 5.41 Å². The summed E-state index contributed by atoms with van der Waals surface area (Å²) >= 11 is 11.8. The minimum absolute atomic E-state index is 0.128. The number of halogens is 3. The molecule has 3 N–H and O–H groups in total. The Morgan fingerprint density at radius 3 is 2.42 bits per heavy atom. The van der Waals surface area contributed by atoms with Crippen LogP contribution in [0.15, 0.2) is 36.4 Å². The van der Waals surface area contributed by atoms with Gasteiger partial charge in [-0.05, 0) is 30.3 Å². The van der Waals surface area contributed by atoms with E-state index < -0.39 is 5.82 Å². The average molecular weight is 299 g/mol. The summed E-state index contributed by atoms with van der Waals surface area (Å²) in [7, 11) is 0. The third kappa shape index (κ3) is 3.16. The first kappa shape index (κ1) is 13.6. The van der Waals surface area contributed by atoms with Gasteiger partial charge in [-0.2, -0.15) is 0 Å². The number of hydrogen-bond donors (Lipinski definition) is 2. The minimum atomic E-state index is -0.442. The quantitative estimate of drug-likeness (QED) is 0.659. The van der Waals surface area contributed by atoms with Gasteiger partial charge in [0.2, 0.25) is 0 Å². The summed E-state index contributed by atoms with van der Waals surface area (Å²) in [6.45, 7) is 0. The first-order valence-electron chi connectivity index (χ1n) is 5.24. The van der Waals surface area contributed by atoms with Crippen molar-refractivity contribution in [1.82, 2.24) is 0 Å². The van der Waals surface area contributed by atoms with Crippen molar-refractivity contribution in [3.8, 4) is 11.5 Å². The normalized spacial score (nSPS) is 10.3. The van der Waals surface area contributed by atoms with Gasteiger partial charge in [0.25, 0.3) is 0 Å². The maximum Gasteiger partial charge on any atom is 0.146 e. The number of nitrogen functional groups attached to an aromatic ring is 1. The minimum Gasteiger partial charge on any atom is -0.456 e. The van der Waals surface area contributed by atoms with E-state index >= 15 is 0 Å². The zero-order valence-electron chi connectivity index (χ0n) is 9.58. The SMILES string of the molecule is N=C(N)c1ccc(Oc2ccc(F)cc2Cl)cc1Cl. The number of amidine groups is 1. The second-order valence-electron chi connectivity index (χ2n) is 3.73. The van der Waals surface area contributed by atoms with Crippen molar-refractivity contribution in [2.24, 2.45) is 5.73 Å². The van der Waals surface area contributed by atoms with Gasteiger partial charge in [0.05, 0.1) is 10.0 Å². The molecular weight excluding hydrogens is 290 g/mol. The van der Waals surface area contributed by atoms with Gasteiger partial charge in [-0.15, -0.1) is 0 Å². The Bertz CT molecular complexity index is 647. The molecule has 0 atom stereocenters. The molecule has 2 rings (SSSR count). The number of nitrogens with one attached hydrogen (secondary N) is 1. The molecule has 0 saturated carbocycles. The Morgan fingerprint density at radius 2 is 1.84 bits per heavy atom. The maximum absolute atomic E-state index is 12.9. The van der Waals surface area contributed by atoms with Crippen LogP contribution >= 0.6 is 23.2 Å². The highest BCUT2D eigenvalue weighted by atomic mass is 35.5. The van der Waals surface area contributed by atoms with Crippen LogP contribution in [0, 0.1) is 11.2 Å². The fourth-order valence-electron chi connectivity index (χ4n) is 1.46. The van der Waals surface area contributed by atoms with Crippen molar-refractivity contribution in [2.45, 2.75) is 0 Å². The van der Waals surface area contributed by atoms with Gasteiger partial charge in [0.15, 0.2) is 0 Å². The molecule has 0 aliphatic heterocycles. The Kier molecular flexibility index (Phi) is 3.93.